The van der Waals surface area contributed by atoms with Crippen LogP contribution in [0.3, 0.4) is 0 Å². The molecule has 0 amide bonds. The molecule has 0 aliphatic heterocycles. The van der Waals surface area contributed by atoms with Crippen molar-refractivity contribution in [2.75, 3.05) is 0 Å². The van der Waals surface area contributed by atoms with E-state index in [9.17, 15) is 0 Å². The highest BCUT2D eigenvalue weighted by Gasteiger charge is 2.14. The molecular formula is C14H16N2O2. The van der Waals surface area contributed by atoms with Crippen molar-refractivity contribution in [1.82, 2.24) is 9.97 Å². The molecule has 0 atom stereocenters. The van der Waals surface area contributed by atoms with Gasteiger partial charge in [-0.2, -0.15) is 0 Å². The van der Waals surface area contributed by atoms with E-state index in [0.29, 0.717) is 0 Å². The van der Waals surface area contributed by atoms with Gasteiger partial charge < -0.3 is 8.83 Å². The van der Waals surface area contributed by atoms with Gasteiger partial charge >= 0.3 is 0 Å². The van der Waals surface area contributed by atoms with Gasteiger partial charge in [0.15, 0.2) is 22.9 Å². The molecule has 1 aromatic carbocycles. The molecule has 18 heavy (non-hydrogen) atoms. The van der Waals surface area contributed by atoms with Gasteiger partial charge in [0.05, 0.1) is 0 Å². The summed E-state index contributed by atoms with van der Waals surface area (Å²) >= 11 is 0. The highest BCUT2D eigenvalue weighted by molar-refractivity contribution is 5.89. The van der Waals surface area contributed by atoms with Crippen molar-refractivity contribution in [3.05, 3.63) is 23.9 Å². The van der Waals surface area contributed by atoms with Gasteiger partial charge in [-0.3, -0.25) is 0 Å². The van der Waals surface area contributed by atoms with Crippen molar-refractivity contribution in [1.29, 1.82) is 0 Å². The lowest BCUT2D eigenvalue weighted by Crippen LogP contribution is -1.85. The molecule has 3 aromatic rings. The highest BCUT2D eigenvalue weighted by Crippen LogP contribution is 2.28. The first-order valence-corrected chi connectivity index (χ1v) is 6.25. The van der Waals surface area contributed by atoms with E-state index < -0.39 is 0 Å². The fraction of sp³-hybridized carbons (Fsp3) is 0.429. The Bertz CT molecular complexity index is 598. The number of oxazole rings is 2. The van der Waals surface area contributed by atoms with E-state index in [-0.39, 0.29) is 11.8 Å². The third kappa shape index (κ3) is 1.68. The Balaban J connectivity index is 2.21. The maximum absolute atomic E-state index is 5.71. The molecule has 3 rings (SSSR count). The van der Waals surface area contributed by atoms with Crippen LogP contribution in [0.1, 0.15) is 51.3 Å². The molecule has 4 nitrogen and oxygen atoms in total. The van der Waals surface area contributed by atoms with E-state index in [1.807, 2.05) is 12.1 Å². The Kier molecular flexibility index (Phi) is 2.40. The number of aromatic nitrogens is 2. The number of rotatable bonds is 2. The number of benzene rings is 1. The van der Waals surface area contributed by atoms with Crippen molar-refractivity contribution in [3.8, 4) is 0 Å². The third-order valence-corrected chi connectivity index (χ3v) is 2.92. The fourth-order valence-electron chi connectivity index (χ4n) is 1.88. The zero-order valence-corrected chi connectivity index (χ0v) is 11.0. The van der Waals surface area contributed by atoms with Gasteiger partial charge in [0.2, 0.25) is 0 Å². The van der Waals surface area contributed by atoms with Gasteiger partial charge in [-0.05, 0) is 6.07 Å². The summed E-state index contributed by atoms with van der Waals surface area (Å²) in [5.74, 6) is 2.06. The van der Waals surface area contributed by atoms with E-state index in [1.165, 1.54) is 0 Å². The van der Waals surface area contributed by atoms with Crippen LogP contribution in [0.5, 0.6) is 0 Å². The van der Waals surface area contributed by atoms with E-state index in [4.69, 9.17) is 8.83 Å². The maximum Gasteiger partial charge on any atom is 0.198 e. The zero-order chi connectivity index (χ0) is 12.9. The van der Waals surface area contributed by atoms with Crippen LogP contribution in [0, 0.1) is 0 Å². The van der Waals surface area contributed by atoms with Gasteiger partial charge in [0, 0.05) is 17.9 Å². The predicted octanol–water partition coefficient (Wildman–Crippen LogP) is 4.22. The first-order chi connectivity index (χ1) is 8.54. The maximum atomic E-state index is 5.71. The summed E-state index contributed by atoms with van der Waals surface area (Å²) in [4.78, 5) is 8.94. The summed E-state index contributed by atoms with van der Waals surface area (Å²) in [5, 5.41) is 0. The predicted molar refractivity (Wildman–Crippen MR) is 69.8 cm³/mol. The van der Waals surface area contributed by atoms with E-state index >= 15 is 0 Å². The van der Waals surface area contributed by atoms with Gasteiger partial charge in [-0.1, -0.05) is 27.7 Å². The molecule has 94 valence electrons. The summed E-state index contributed by atoms with van der Waals surface area (Å²) in [6, 6.07) is 3.80. The molecule has 0 unspecified atom stereocenters. The van der Waals surface area contributed by atoms with E-state index in [0.717, 1.165) is 34.0 Å². The molecule has 0 spiro atoms. The lowest BCUT2D eigenvalue weighted by molar-refractivity contribution is 0.494. The van der Waals surface area contributed by atoms with E-state index in [1.54, 1.807) is 0 Å². The van der Waals surface area contributed by atoms with Crippen LogP contribution >= 0.6 is 0 Å². The summed E-state index contributed by atoms with van der Waals surface area (Å²) in [6.07, 6.45) is 0. The second kappa shape index (κ2) is 3.83. The normalized spacial score (nSPS) is 12.3. The first kappa shape index (κ1) is 11.3. The topological polar surface area (TPSA) is 52.1 Å². The average molecular weight is 244 g/mol. The molecule has 0 radical (unpaired) electrons. The SMILES string of the molecule is CC(C)c1nc2cc3nc(C(C)C)oc3cc2o1. The molecule has 0 aliphatic rings. The molecule has 0 saturated carbocycles. The van der Waals surface area contributed by atoms with Crippen LogP contribution in [-0.2, 0) is 0 Å². The molecule has 2 heterocycles. The Morgan fingerprint density at radius 1 is 0.778 bits per heavy atom. The molecule has 4 heteroatoms. The molecule has 0 N–H and O–H groups in total. The summed E-state index contributed by atoms with van der Waals surface area (Å²) < 4.78 is 11.4. The molecule has 2 aromatic heterocycles. The average Bonchev–Trinajstić information content (AvgIpc) is 2.87. The van der Waals surface area contributed by atoms with Crippen molar-refractivity contribution in [2.45, 2.75) is 39.5 Å². The molecular weight excluding hydrogens is 228 g/mol. The van der Waals surface area contributed by atoms with Crippen molar-refractivity contribution in [2.24, 2.45) is 0 Å². The number of hydrogen-bond donors (Lipinski definition) is 0. The quantitative estimate of drug-likeness (QED) is 0.677. The first-order valence-electron chi connectivity index (χ1n) is 6.25. The fourth-order valence-corrected chi connectivity index (χ4v) is 1.88. The van der Waals surface area contributed by atoms with Crippen LogP contribution in [0.2, 0.25) is 0 Å². The van der Waals surface area contributed by atoms with Gasteiger partial charge in [-0.15, -0.1) is 0 Å². The van der Waals surface area contributed by atoms with Crippen molar-refractivity contribution in [3.63, 3.8) is 0 Å². The minimum atomic E-state index is 0.280. The Morgan fingerprint density at radius 3 is 1.61 bits per heavy atom. The largest absolute Gasteiger partial charge is 0.440 e. The standard InChI is InChI=1S/C14H16N2O2/c1-7(2)13-15-9-5-10-12(6-11(9)17-13)18-14(16-10)8(3)4/h5-8H,1-4H3. The van der Waals surface area contributed by atoms with Crippen LogP contribution in [0.4, 0.5) is 0 Å². The van der Waals surface area contributed by atoms with Gasteiger partial charge in [0.1, 0.15) is 11.0 Å². The third-order valence-electron chi connectivity index (χ3n) is 2.92. The Labute approximate surface area is 105 Å². The highest BCUT2D eigenvalue weighted by atomic mass is 16.4. The molecule has 0 saturated heterocycles. The molecule has 0 bridgehead atoms. The summed E-state index contributed by atoms with van der Waals surface area (Å²) in [5.41, 5.74) is 3.21. The lowest BCUT2D eigenvalue weighted by Gasteiger charge is -1.94. The Hall–Kier alpha value is -1.84. The minimum absolute atomic E-state index is 0.280. The number of nitrogens with zero attached hydrogens (tertiary/aromatic N) is 2. The summed E-state index contributed by atoms with van der Waals surface area (Å²) in [7, 11) is 0. The lowest BCUT2D eigenvalue weighted by atomic mass is 10.2. The van der Waals surface area contributed by atoms with E-state index in [2.05, 4.69) is 37.7 Å². The molecule has 0 fully saturated rings. The van der Waals surface area contributed by atoms with Crippen LogP contribution in [0.25, 0.3) is 22.2 Å². The van der Waals surface area contributed by atoms with Crippen LogP contribution in [0.15, 0.2) is 21.0 Å². The van der Waals surface area contributed by atoms with Gasteiger partial charge in [0.25, 0.3) is 0 Å². The van der Waals surface area contributed by atoms with Crippen LogP contribution in [-0.4, -0.2) is 9.97 Å². The second-order valence-electron chi connectivity index (χ2n) is 5.20. The van der Waals surface area contributed by atoms with Crippen molar-refractivity contribution < 1.29 is 8.83 Å². The van der Waals surface area contributed by atoms with Gasteiger partial charge in [-0.25, -0.2) is 9.97 Å². The van der Waals surface area contributed by atoms with Crippen LogP contribution < -0.4 is 0 Å². The number of hydrogen-bond acceptors (Lipinski definition) is 4. The monoisotopic (exact) mass is 244 g/mol. The second-order valence-corrected chi connectivity index (χ2v) is 5.20. The smallest absolute Gasteiger partial charge is 0.198 e. The number of fused-ring (bicyclic) bond motifs is 2. The minimum Gasteiger partial charge on any atom is -0.440 e. The zero-order valence-electron chi connectivity index (χ0n) is 11.0. The Morgan fingerprint density at radius 2 is 1.22 bits per heavy atom. The molecule has 0 aliphatic carbocycles. The summed E-state index contributed by atoms with van der Waals surface area (Å²) in [6.45, 7) is 8.24. The van der Waals surface area contributed by atoms with Crippen molar-refractivity contribution >= 4 is 22.2 Å².